The zero-order valence-corrected chi connectivity index (χ0v) is 15.7. The molecule has 1 saturated heterocycles. The van der Waals surface area contributed by atoms with Gasteiger partial charge in [-0.05, 0) is 40.0 Å². The van der Waals surface area contributed by atoms with Crippen LogP contribution in [0.4, 0.5) is 0 Å². The van der Waals surface area contributed by atoms with Crippen molar-refractivity contribution in [3.63, 3.8) is 0 Å². The summed E-state index contributed by atoms with van der Waals surface area (Å²) in [7, 11) is 1.90. The van der Waals surface area contributed by atoms with Crippen LogP contribution in [0.2, 0.25) is 0 Å². The molecule has 25 heavy (non-hydrogen) atoms. The Bertz CT molecular complexity index is 655. The molecule has 1 aliphatic heterocycles. The summed E-state index contributed by atoms with van der Waals surface area (Å²) in [6.07, 6.45) is 7.93. The Balaban J connectivity index is 1.78. The molecule has 0 aromatic carbocycles. The first-order valence-corrected chi connectivity index (χ1v) is 9.13. The standard InChI is InChI=1S/C18H30N6O/c1-18(2,3)24-15(25)8-12(16(24)13-10-21-23(4)11-13)9-20-17(19)22-14-6-5-7-14/h10-12,14,16H,5-9H2,1-4H3,(H3,19,20,22)/t12-,16+/m0/s1. The fourth-order valence-corrected chi connectivity index (χ4v) is 3.79. The summed E-state index contributed by atoms with van der Waals surface area (Å²) < 4.78 is 1.78. The highest BCUT2D eigenvalue weighted by atomic mass is 16.2. The molecule has 138 valence electrons. The topological polar surface area (TPSA) is 88.5 Å². The van der Waals surface area contributed by atoms with Gasteiger partial charge >= 0.3 is 0 Å². The molecule has 0 bridgehead atoms. The zero-order chi connectivity index (χ0) is 18.2. The molecule has 1 aromatic heterocycles. The summed E-state index contributed by atoms with van der Waals surface area (Å²) in [4.78, 5) is 19.2. The van der Waals surface area contributed by atoms with Gasteiger partial charge in [-0.3, -0.25) is 14.5 Å². The van der Waals surface area contributed by atoms with Crippen molar-refractivity contribution in [1.82, 2.24) is 20.0 Å². The van der Waals surface area contributed by atoms with Crippen LogP contribution in [0.15, 0.2) is 17.4 Å². The smallest absolute Gasteiger partial charge is 0.223 e. The van der Waals surface area contributed by atoms with E-state index in [9.17, 15) is 4.79 Å². The van der Waals surface area contributed by atoms with E-state index in [0.717, 1.165) is 18.4 Å². The molecule has 7 nitrogen and oxygen atoms in total. The van der Waals surface area contributed by atoms with Gasteiger partial charge in [0.25, 0.3) is 0 Å². The number of nitrogens with zero attached hydrogens (tertiary/aromatic N) is 4. The number of aromatic nitrogens is 2. The van der Waals surface area contributed by atoms with Gasteiger partial charge in [0.2, 0.25) is 5.91 Å². The lowest BCUT2D eigenvalue weighted by molar-refractivity contribution is -0.133. The van der Waals surface area contributed by atoms with E-state index < -0.39 is 0 Å². The van der Waals surface area contributed by atoms with E-state index in [1.807, 2.05) is 24.3 Å². The normalized spacial score (nSPS) is 25.4. The number of hydrogen-bond acceptors (Lipinski definition) is 3. The molecule has 2 fully saturated rings. The second kappa shape index (κ2) is 6.69. The van der Waals surface area contributed by atoms with Gasteiger partial charge in [0.05, 0.1) is 12.2 Å². The van der Waals surface area contributed by atoms with Gasteiger partial charge in [-0.2, -0.15) is 5.10 Å². The molecule has 0 unspecified atom stereocenters. The van der Waals surface area contributed by atoms with E-state index >= 15 is 0 Å². The van der Waals surface area contributed by atoms with Crippen LogP contribution in [0, 0.1) is 5.92 Å². The summed E-state index contributed by atoms with van der Waals surface area (Å²) in [5.41, 5.74) is 6.85. The summed E-state index contributed by atoms with van der Waals surface area (Å²) in [5, 5.41) is 7.56. The van der Waals surface area contributed by atoms with Crippen molar-refractivity contribution in [2.24, 2.45) is 23.7 Å². The number of carbonyl (C=O) groups is 1. The minimum atomic E-state index is -0.244. The first kappa shape index (κ1) is 17.8. The Morgan fingerprint density at radius 1 is 1.44 bits per heavy atom. The van der Waals surface area contributed by atoms with Crippen molar-refractivity contribution in [2.75, 3.05) is 6.54 Å². The molecule has 3 rings (SSSR count). The first-order valence-electron chi connectivity index (χ1n) is 9.13. The summed E-state index contributed by atoms with van der Waals surface area (Å²) in [5.74, 6) is 0.779. The van der Waals surface area contributed by atoms with Crippen molar-refractivity contribution >= 4 is 11.9 Å². The number of aliphatic imine (C=N–C) groups is 1. The maximum absolute atomic E-state index is 12.7. The zero-order valence-electron chi connectivity index (χ0n) is 15.7. The number of aryl methyl sites for hydroxylation is 1. The molecule has 2 aliphatic rings. The summed E-state index contributed by atoms with van der Waals surface area (Å²) in [6.45, 7) is 6.77. The Morgan fingerprint density at radius 3 is 2.68 bits per heavy atom. The molecule has 1 amide bonds. The second-order valence-corrected chi connectivity index (χ2v) is 8.29. The average Bonchev–Trinajstić information content (AvgIpc) is 3.03. The minimum absolute atomic E-state index is 0.0125. The largest absolute Gasteiger partial charge is 0.370 e. The van der Waals surface area contributed by atoms with E-state index in [4.69, 9.17) is 5.73 Å². The number of hydrogen-bond donors (Lipinski definition) is 2. The fourth-order valence-electron chi connectivity index (χ4n) is 3.79. The third kappa shape index (κ3) is 3.80. The van der Waals surface area contributed by atoms with Crippen LogP contribution in [0.25, 0.3) is 0 Å². The number of nitrogens with one attached hydrogen (secondary N) is 1. The van der Waals surface area contributed by atoms with Crippen molar-refractivity contribution in [3.05, 3.63) is 18.0 Å². The number of carbonyl (C=O) groups excluding carboxylic acids is 1. The van der Waals surface area contributed by atoms with Gasteiger partial charge in [0.15, 0.2) is 5.96 Å². The van der Waals surface area contributed by atoms with Crippen LogP contribution in [-0.4, -0.2) is 44.7 Å². The fraction of sp³-hybridized carbons (Fsp3) is 0.722. The third-order valence-electron chi connectivity index (χ3n) is 5.17. The van der Waals surface area contributed by atoms with Gasteiger partial charge in [0.1, 0.15) is 0 Å². The van der Waals surface area contributed by atoms with Crippen LogP contribution in [0.1, 0.15) is 58.1 Å². The van der Waals surface area contributed by atoms with E-state index in [1.165, 1.54) is 6.42 Å². The maximum atomic E-state index is 12.7. The molecule has 0 spiro atoms. The van der Waals surface area contributed by atoms with Crippen LogP contribution in [0.3, 0.4) is 0 Å². The quantitative estimate of drug-likeness (QED) is 0.640. The van der Waals surface area contributed by atoms with Gasteiger partial charge in [0, 0.05) is 49.3 Å². The number of amides is 1. The van der Waals surface area contributed by atoms with Gasteiger partial charge in [-0.15, -0.1) is 0 Å². The summed E-state index contributed by atoms with van der Waals surface area (Å²) in [6, 6.07) is 0.454. The molecule has 7 heteroatoms. The lowest BCUT2D eigenvalue weighted by Gasteiger charge is -2.38. The average molecular weight is 346 g/mol. The van der Waals surface area contributed by atoms with Crippen molar-refractivity contribution in [2.45, 2.75) is 64.1 Å². The van der Waals surface area contributed by atoms with Crippen molar-refractivity contribution in [1.29, 1.82) is 0 Å². The third-order valence-corrected chi connectivity index (χ3v) is 5.17. The molecular formula is C18H30N6O. The van der Waals surface area contributed by atoms with Crippen LogP contribution >= 0.6 is 0 Å². The second-order valence-electron chi connectivity index (χ2n) is 8.29. The number of likely N-dealkylation sites (tertiary alicyclic amines) is 1. The molecule has 3 N–H and O–H groups in total. The Labute approximate surface area is 149 Å². The monoisotopic (exact) mass is 346 g/mol. The SMILES string of the molecule is Cn1cc([C@H]2[C@H](CN=C(N)NC3CCC3)CC(=O)N2C(C)(C)C)cn1. The van der Waals surface area contributed by atoms with E-state index in [0.29, 0.717) is 25.0 Å². The Hall–Kier alpha value is -2.05. The first-order chi connectivity index (χ1) is 11.8. The maximum Gasteiger partial charge on any atom is 0.223 e. The van der Waals surface area contributed by atoms with Crippen molar-refractivity contribution < 1.29 is 4.79 Å². The number of rotatable bonds is 4. The highest BCUT2D eigenvalue weighted by molar-refractivity contribution is 5.81. The Morgan fingerprint density at radius 2 is 2.16 bits per heavy atom. The predicted octanol–water partition coefficient (Wildman–Crippen LogP) is 1.57. The van der Waals surface area contributed by atoms with E-state index in [1.54, 1.807) is 4.68 Å². The van der Waals surface area contributed by atoms with Crippen LogP contribution in [0.5, 0.6) is 0 Å². The predicted molar refractivity (Wildman–Crippen MR) is 97.9 cm³/mol. The highest BCUT2D eigenvalue weighted by Crippen LogP contribution is 2.42. The van der Waals surface area contributed by atoms with Gasteiger partial charge in [-0.1, -0.05) is 0 Å². The van der Waals surface area contributed by atoms with E-state index in [-0.39, 0.29) is 23.4 Å². The lowest BCUT2D eigenvalue weighted by atomic mass is 9.93. The molecule has 1 aliphatic carbocycles. The van der Waals surface area contributed by atoms with E-state index in [2.05, 4.69) is 36.2 Å². The summed E-state index contributed by atoms with van der Waals surface area (Å²) >= 11 is 0. The lowest BCUT2D eigenvalue weighted by Crippen LogP contribution is -2.45. The van der Waals surface area contributed by atoms with Crippen LogP contribution < -0.4 is 11.1 Å². The van der Waals surface area contributed by atoms with Gasteiger partial charge in [-0.25, -0.2) is 0 Å². The number of nitrogens with two attached hydrogens (primary N) is 1. The molecule has 2 heterocycles. The van der Waals surface area contributed by atoms with Crippen molar-refractivity contribution in [3.8, 4) is 0 Å². The molecule has 2 atom stereocenters. The minimum Gasteiger partial charge on any atom is -0.370 e. The Kier molecular flexibility index (Phi) is 4.75. The molecule has 1 aromatic rings. The highest BCUT2D eigenvalue weighted by Gasteiger charge is 2.45. The van der Waals surface area contributed by atoms with Gasteiger partial charge < -0.3 is 16.0 Å². The molecule has 0 radical (unpaired) electrons. The molecular weight excluding hydrogens is 316 g/mol. The number of guanidine groups is 1. The van der Waals surface area contributed by atoms with Crippen LogP contribution in [-0.2, 0) is 11.8 Å². The molecule has 1 saturated carbocycles.